The summed E-state index contributed by atoms with van der Waals surface area (Å²) >= 11 is 0. The van der Waals surface area contributed by atoms with Gasteiger partial charge in [-0.1, -0.05) is 13.8 Å². The minimum Gasteiger partial charge on any atom is -0.339 e. The molecule has 4 nitrogen and oxygen atoms in total. The van der Waals surface area contributed by atoms with E-state index in [0.717, 1.165) is 19.6 Å². The summed E-state index contributed by atoms with van der Waals surface area (Å²) in [5, 5.41) is 3.41. The Balaban J connectivity index is 2.51. The molecule has 0 aromatic rings. The van der Waals surface area contributed by atoms with Gasteiger partial charge in [-0.3, -0.25) is 4.79 Å². The highest BCUT2D eigenvalue weighted by Crippen LogP contribution is 2.08. The lowest BCUT2D eigenvalue weighted by Gasteiger charge is -2.36. The number of nitrogens with two attached hydrogens (primary N) is 1. The first-order valence-electron chi connectivity index (χ1n) is 5.30. The molecule has 0 aromatic heterocycles. The topological polar surface area (TPSA) is 58.4 Å². The highest BCUT2D eigenvalue weighted by molar-refractivity contribution is 5.81. The molecule has 0 bridgehead atoms. The monoisotopic (exact) mass is 199 g/mol. The maximum Gasteiger partial charge on any atom is 0.239 e. The molecule has 0 aliphatic carbocycles. The van der Waals surface area contributed by atoms with E-state index in [1.807, 2.05) is 4.90 Å². The van der Waals surface area contributed by atoms with Crippen molar-refractivity contribution in [2.75, 3.05) is 19.6 Å². The predicted octanol–water partition coefficient (Wildman–Crippen LogP) is -0.210. The molecule has 1 saturated heterocycles. The fraction of sp³-hybridized carbons (Fsp3) is 0.900. The van der Waals surface area contributed by atoms with Crippen LogP contribution in [-0.4, -0.2) is 42.5 Å². The molecule has 14 heavy (non-hydrogen) atoms. The average Bonchev–Trinajstić information content (AvgIpc) is 2.16. The Morgan fingerprint density at radius 3 is 2.64 bits per heavy atom. The molecule has 4 heteroatoms. The van der Waals surface area contributed by atoms with Crippen molar-refractivity contribution in [3.63, 3.8) is 0 Å². The molecule has 3 N–H and O–H groups in total. The van der Waals surface area contributed by atoms with Gasteiger partial charge in [0, 0.05) is 25.7 Å². The second-order valence-electron chi connectivity index (χ2n) is 4.38. The Hall–Kier alpha value is -0.610. The van der Waals surface area contributed by atoms with Gasteiger partial charge >= 0.3 is 0 Å². The fourth-order valence-corrected chi connectivity index (χ4v) is 1.71. The molecule has 0 saturated carbocycles. The molecule has 1 rings (SSSR count). The van der Waals surface area contributed by atoms with Crippen LogP contribution in [0.25, 0.3) is 0 Å². The quantitative estimate of drug-likeness (QED) is 0.647. The Morgan fingerprint density at radius 1 is 1.50 bits per heavy atom. The van der Waals surface area contributed by atoms with Gasteiger partial charge in [0.15, 0.2) is 0 Å². The van der Waals surface area contributed by atoms with E-state index in [0.29, 0.717) is 12.0 Å². The summed E-state index contributed by atoms with van der Waals surface area (Å²) in [6.07, 6.45) is 0. The first kappa shape index (κ1) is 11.5. The third kappa shape index (κ3) is 2.69. The van der Waals surface area contributed by atoms with Crippen molar-refractivity contribution < 1.29 is 4.79 Å². The van der Waals surface area contributed by atoms with E-state index >= 15 is 0 Å². The van der Waals surface area contributed by atoms with Gasteiger partial charge in [0.2, 0.25) is 5.91 Å². The fourth-order valence-electron chi connectivity index (χ4n) is 1.71. The summed E-state index contributed by atoms with van der Waals surface area (Å²) in [5.74, 6) is 0.621. The summed E-state index contributed by atoms with van der Waals surface area (Å²) in [5.41, 5.74) is 5.58. The highest BCUT2D eigenvalue weighted by Gasteiger charge is 2.26. The summed E-state index contributed by atoms with van der Waals surface area (Å²) in [6.45, 7) is 8.52. The lowest BCUT2D eigenvalue weighted by molar-refractivity contribution is -0.133. The van der Waals surface area contributed by atoms with Crippen molar-refractivity contribution in [2.45, 2.75) is 32.9 Å². The van der Waals surface area contributed by atoms with E-state index in [-0.39, 0.29) is 11.9 Å². The number of nitrogens with zero attached hydrogens (tertiary/aromatic N) is 1. The van der Waals surface area contributed by atoms with Crippen molar-refractivity contribution in [3.05, 3.63) is 0 Å². The molecule has 1 aliphatic rings. The van der Waals surface area contributed by atoms with Crippen LogP contribution in [0.2, 0.25) is 0 Å². The first-order chi connectivity index (χ1) is 6.52. The Morgan fingerprint density at radius 2 is 2.14 bits per heavy atom. The number of hydrogen-bond donors (Lipinski definition) is 2. The summed E-state index contributed by atoms with van der Waals surface area (Å²) in [6, 6.07) is 0.0346. The minimum atomic E-state index is -0.374. The third-order valence-electron chi connectivity index (χ3n) is 2.71. The first-order valence-corrected chi connectivity index (χ1v) is 5.30. The van der Waals surface area contributed by atoms with E-state index in [2.05, 4.69) is 19.2 Å². The van der Waals surface area contributed by atoms with E-state index in [1.165, 1.54) is 0 Å². The summed E-state index contributed by atoms with van der Waals surface area (Å²) < 4.78 is 0. The Labute approximate surface area is 85.8 Å². The molecule has 1 heterocycles. The molecular weight excluding hydrogens is 178 g/mol. The van der Waals surface area contributed by atoms with Gasteiger partial charge in [-0.05, 0) is 12.8 Å². The van der Waals surface area contributed by atoms with Crippen LogP contribution in [0, 0.1) is 5.92 Å². The zero-order valence-electron chi connectivity index (χ0n) is 9.29. The number of hydrogen-bond acceptors (Lipinski definition) is 3. The maximum atomic E-state index is 11.6. The highest BCUT2D eigenvalue weighted by atomic mass is 16.2. The van der Waals surface area contributed by atoms with Crippen molar-refractivity contribution in [3.8, 4) is 0 Å². The van der Waals surface area contributed by atoms with Crippen LogP contribution >= 0.6 is 0 Å². The van der Waals surface area contributed by atoms with Crippen molar-refractivity contribution >= 4 is 5.91 Å². The number of amides is 1. The number of carbonyl (C=O) groups is 1. The van der Waals surface area contributed by atoms with Crippen molar-refractivity contribution in [1.82, 2.24) is 10.2 Å². The maximum absolute atomic E-state index is 11.6. The second-order valence-corrected chi connectivity index (χ2v) is 4.38. The molecule has 1 aliphatic heterocycles. The SMILES string of the molecule is CC(C)[C@H]1CN(C(=O)[C@@H](C)N)CCN1. The molecule has 0 radical (unpaired) electrons. The van der Waals surface area contributed by atoms with E-state index in [4.69, 9.17) is 5.73 Å². The number of rotatable bonds is 2. The van der Waals surface area contributed by atoms with Crippen LogP contribution in [0.5, 0.6) is 0 Å². The lowest BCUT2D eigenvalue weighted by atomic mass is 10.0. The number of carbonyl (C=O) groups excluding carboxylic acids is 1. The van der Waals surface area contributed by atoms with E-state index < -0.39 is 0 Å². The van der Waals surface area contributed by atoms with Gasteiger partial charge in [0.25, 0.3) is 0 Å². The predicted molar refractivity (Wildman–Crippen MR) is 56.9 cm³/mol. The molecule has 1 amide bonds. The van der Waals surface area contributed by atoms with Crippen molar-refractivity contribution in [1.29, 1.82) is 0 Å². The van der Waals surface area contributed by atoms with Crippen molar-refractivity contribution in [2.24, 2.45) is 11.7 Å². The minimum absolute atomic E-state index is 0.0668. The van der Waals surface area contributed by atoms with Crippen LogP contribution in [0.1, 0.15) is 20.8 Å². The smallest absolute Gasteiger partial charge is 0.239 e. The molecule has 1 fully saturated rings. The Bertz CT molecular complexity index is 204. The van der Waals surface area contributed by atoms with Gasteiger partial charge in [-0.2, -0.15) is 0 Å². The van der Waals surface area contributed by atoms with Crippen LogP contribution in [0.15, 0.2) is 0 Å². The molecule has 0 unspecified atom stereocenters. The molecule has 2 atom stereocenters. The van der Waals surface area contributed by atoms with Gasteiger partial charge in [-0.15, -0.1) is 0 Å². The molecular formula is C10H21N3O. The number of piperazine rings is 1. The van der Waals surface area contributed by atoms with Gasteiger partial charge in [0.05, 0.1) is 6.04 Å². The normalized spacial score (nSPS) is 25.2. The summed E-state index contributed by atoms with van der Waals surface area (Å²) in [7, 11) is 0. The largest absolute Gasteiger partial charge is 0.339 e. The number of nitrogens with one attached hydrogen (secondary N) is 1. The van der Waals surface area contributed by atoms with Gasteiger partial charge in [0.1, 0.15) is 0 Å². The summed E-state index contributed by atoms with van der Waals surface area (Å²) in [4.78, 5) is 13.5. The second kappa shape index (κ2) is 4.75. The zero-order chi connectivity index (χ0) is 10.7. The zero-order valence-corrected chi connectivity index (χ0v) is 9.29. The van der Waals surface area contributed by atoms with Crippen LogP contribution in [0.3, 0.4) is 0 Å². The van der Waals surface area contributed by atoms with E-state index in [9.17, 15) is 4.79 Å². The molecule has 82 valence electrons. The Kier molecular flexibility index (Phi) is 3.89. The van der Waals surface area contributed by atoms with Crippen LogP contribution in [-0.2, 0) is 4.79 Å². The standard InChI is InChI=1S/C10H21N3O/c1-7(2)9-6-13(5-4-12-9)10(14)8(3)11/h7-9,12H,4-6,11H2,1-3H3/t8-,9-/m1/s1. The molecule has 0 spiro atoms. The lowest BCUT2D eigenvalue weighted by Crippen LogP contribution is -2.57. The van der Waals surface area contributed by atoms with Gasteiger partial charge in [-0.25, -0.2) is 0 Å². The van der Waals surface area contributed by atoms with Gasteiger partial charge < -0.3 is 16.0 Å². The van der Waals surface area contributed by atoms with E-state index in [1.54, 1.807) is 6.92 Å². The average molecular weight is 199 g/mol. The van der Waals surface area contributed by atoms with Crippen LogP contribution < -0.4 is 11.1 Å². The van der Waals surface area contributed by atoms with Crippen LogP contribution in [0.4, 0.5) is 0 Å². The molecule has 0 aromatic carbocycles. The third-order valence-corrected chi connectivity index (χ3v) is 2.71.